The number of benzene rings is 3. The second kappa shape index (κ2) is 8.98. The molecule has 2 heterocycles. The maximum atomic E-state index is 12.9. The van der Waals surface area contributed by atoms with Gasteiger partial charge in [0.15, 0.2) is 12.4 Å². The zero-order valence-electron chi connectivity index (χ0n) is 18.9. The Hall–Kier alpha value is -3.80. The molecule has 2 aliphatic heterocycles. The lowest BCUT2D eigenvalue weighted by Crippen LogP contribution is -2.56. The van der Waals surface area contributed by atoms with Crippen molar-refractivity contribution >= 4 is 17.4 Å². The monoisotopic (exact) mass is 441 g/mol. The molecule has 33 heavy (non-hydrogen) atoms. The molecule has 3 aromatic carbocycles. The van der Waals surface area contributed by atoms with Crippen LogP contribution in [0, 0.1) is 6.92 Å². The van der Waals surface area contributed by atoms with E-state index in [1.165, 1.54) is 0 Å². The SMILES string of the molecule is Cc1ccc2c(c1)C(N1CCN(C(=O)COc3ccccc3)[C@H](C)C1)=Nc1ccccc1O2. The number of hydrogen-bond acceptors (Lipinski definition) is 5. The number of carbonyl (C=O) groups is 1. The average Bonchev–Trinajstić information content (AvgIpc) is 2.99. The molecule has 0 saturated carbocycles. The topological polar surface area (TPSA) is 54.4 Å². The van der Waals surface area contributed by atoms with Crippen LogP contribution < -0.4 is 9.47 Å². The maximum absolute atomic E-state index is 12.9. The molecule has 168 valence electrons. The predicted molar refractivity (Wildman–Crippen MR) is 129 cm³/mol. The van der Waals surface area contributed by atoms with Crippen molar-refractivity contribution in [1.29, 1.82) is 0 Å². The minimum atomic E-state index is -0.00117. The van der Waals surface area contributed by atoms with E-state index in [4.69, 9.17) is 14.5 Å². The van der Waals surface area contributed by atoms with Gasteiger partial charge in [0.2, 0.25) is 0 Å². The van der Waals surface area contributed by atoms with Gasteiger partial charge in [-0.2, -0.15) is 0 Å². The van der Waals surface area contributed by atoms with E-state index >= 15 is 0 Å². The molecule has 0 spiro atoms. The molecule has 5 rings (SSSR count). The molecule has 0 radical (unpaired) electrons. The molecule has 2 aliphatic rings. The highest BCUT2D eigenvalue weighted by molar-refractivity contribution is 6.04. The van der Waals surface area contributed by atoms with E-state index in [0.29, 0.717) is 25.4 Å². The number of carbonyl (C=O) groups excluding carboxylic acids is 1. The number of nitrogens with zero attached hydrogens (tertiary/aromatic N) is 3. The normalized spacial score (nSPS) is 17.3. The van der Waals surface area contributed by atoms with Crippen LogP contribution in [0.15, 0.2) is 77.8 Å². The Labute approximate surface area is 194 Å². The fourth-order valence-corrected chi connectivity index (χ4v) is 4.34. The molecule has 6 heteroatoms. The van der Waals surface area contributed by atoms with Gasteiger partial charge in [-0.15, -0.1) is 0 Å². The Morgan fingerprint density at radius 2 is 1.82 bits per heavy atom. The van der Waals surface area contributed by atoms with Gasteiger partial charge in [-0.25, -0.2) is 4.99 Å². The smallest absolute Gasteiger partial charge is 0.260 e. The molecule has 0 bridgehead atoms. The number of hydrogen-bond donors (Lipinski definition) is 0. The largest absolute Gasteiger partial charge is 0.484 e. The summed E-state index contributed by atoms with van der Waals surface area (Å²) in [5.74, 6) is 3.14. The molecular weight excluding hydrogens is 414 g/mol. The first-order chi connectivity index (χ1) is 16.1. The van der Waals surface area contributed by atoms with E-state index in [-0.39, 0.29) is 18.6 Å². The first-order valence-electron chi connectivity index (χ1n) is 11.3. The Morgan fingerprint density at radius 3 is 2.64 bits per heavy atom. The molecule has 3 aromatic rings. The minimum Gasteiger partial charge on any atom is -0.484 e. The van der Waals surface area contributed by atoms with Crippen LogP contribution in [0.4, 0.5) is 5.69 Å². The summed E-state index contributed by atoms with van der Waals surface area (Å²) in [7, 11) is 0. The van der Waals surface area contributed by atoms with E-state index in [9.17, 15) is 4.79 Å². The molecule has 0 aromatic heterocycles. The molecule has 0 aliphatic carbocycles. The lowest BCUT2D eigenvalue weighted by Gasteiger charge is -2.41. The summed E-state index contributed by atoms with van der Waals surface area (Å²) < 4.78 is 11.9. The van der Waals surface area contributed by atoms with E-state index in [1.54, 1.807) is 0 Å². The summed E-state index contributed by atoms with van der Waals surface area (Å²) in [5.41, 5.74) is 2.94. The van der Waals surface area contributed by atoms with Crippen LogP contribution in [0.25, 0.3) is 0 Å². The van der Waals surface area contributed by atoms with Gasteiger partial charge in [0.25, 0.3) is 5.91 Å². The quantitative estimate of drug-likeness (QED) is 0.586. The number of rotatable bonds is 3. The summed E-state index contributed by atoms with van der Waals surface area (Å²) >= 11 is 0. The summed E-state index contributed by atoms with van der Waals surface area (Å²) in [6.45, 7) is 6.17. The van der Waals surface area contributed by atoms with Crippen molar-refractivity contribution < 1.29 is 14.3 Å². The number of aliphatic imine (C=N–C) groups is 1. The Balaban J connectivity index is 1.35. The second-order valence-corrected chi connectivity index (χ2v) is 8.49. The Bertz CT molecular complexity index is 1190. The Morgan fingerprint density at radius 1 is 1.03 bits per heavy atom. The third-order valence-corrected chi connectivity index (χ3v) is 6.04. The molecule has 1 amide bonds. The van der Waals surface area contributed by atoms with Gasteiger partial charge in [0.1, 0.15) is 23.0 Å². The van der Waals surface area contributed by atoms with Crippen molar-refractivity contribution in [3.63, 3.8) is 0 Å². The van der Waals surface area contributed by atoms with Crippen LogP contribution in [0.2, 0.25) is 0 Å². The summed E-state index contributed by atoms with van der Waals surface area (Å²) in [6.07, 6.45) is 0. The standard InChI is InChI=1S/C27H27N3O3/c1-19-12-13-24-22(16-19)27(28-23-10-6-7-11-25(23)33-24)29-14-15-30(20(2)17-29)26(31)18-32-21-8-4-3-5-9-21/h3-13,16,20H,14-15,17-18H2,1-2H3/t20-/m1/s1. The van der Waals surface area contributed by atoms with Crippen molar-refractivity contribution in [2.75, 3.05) is 26.2 Å². The van der Waals surface area contributed by atoms with Crippen LogP contribution in [-0.2, 0) is 4.79 Å². The fraction of sp³-hybridized carbons (Fsp3) is 0.259. The number of para-hydroxylation sites is 3. The second-order valence-electron chi connectivity index (χ2n) is 8.49. The molecule has 0 unspecified atom stereocenters. The molecule has 1 atom stereocenters. The summed E-state index contributed by atoms with van der Waals surface area (Å²) in [5, 5.41) is 0. The number of ether oxygens (including phenoxy) is 2. The number of amides is 1. The van der Waals surface area contributed by atoms with Crippen molar-refractivity contribution in [1.82, 2.24) is 9.80 Å². The van der Waals surface area contributed by atoms with Crippen molar-refractivity contribution in [3.8, 4) is 17.2 Å². The van der Waals surface area contributed by atoms with Gasteiger partial charge in [-0.3, -0.25) is 4.79 Å². The summed E-state index contributed by atoms with van der Waals surface area (Å²) in [4.78, 5) is 22.0. The molecule has 6 nitrogen and oxygen atoms in total. The van der Waals surface area contributed by atoms with Gasteiger partial charge in [-0.1, -0.05) is 42.0 Å². The van der Waals surface area contributed by atoms with Crippen molar-refractivity contribution in [2.24, 2.45) is 4.99 Å². The highest BCUT2D eigenvalue weighted by Gasteiger charge is 2.31. The fourth-order valence-electron chi connectivity index (χ4n) is 4.34. The number of piperazine rings is 1. The lowest BCUT2D eigenvalue weighted by molar-refractivity contribution is -0.137. The van der Waals surface area contributed by atoms with Crippen molar-refractivity contribution in [2.45, 2.75) is 19.9 Å². The molecule has 1 saturated heterocycles. The first kappa shape index (κ1) is 21.1. The highest BCUT2D eigenvalue weighted by atomic mass is 16.5. The lowest BCUT2D eigenvalue weighted by atomic mass is 10.1. The number of fused-ring (bicyclic) bond motifs is 2. The summed E-state index contributed by atoms with van der Waals surface area (Å²) in [6, 6.07) is 23.5. The minimum absolute atomic E-state index is 0.00117. The number of aryl methyl sites for hydroxylation is 1. The van der Waals surface area contributed by atoms with Gasteiger partial charge in [-0.05, 0) is 50.2 Å². The van der Waals surface area contributed by atoms with E-state index in [1.807, 2.05) is 65.6 Å². The van der Waals surface area contributed by atoms with Gasteiger partial charge in [0.05, 0.1) is 5.56 Å². The predicted octanol–water partition coefficient (Wildman–Crippen LogP) is 4.79. The van der Waals surface area contributed by atoms with Gasteiger partial charge in [0, 0.05) is 25.7 Å². The zero-order chi connectivity index (χ0) is 22.8. The van der Waals surface area contributed by atoms with E-state index in [0.717, 1.165) is 34.1 Å². The van der Waals surface area contributed by atoms with Crippen LogP contribution in [-0.4, -0.2) is 53.8 Å². The Kier molecular flexibility index (Phi) is 5.73. The van der Waals surface area contributed by atoms with E-state index < -0.39 is 0 Å². The van der Waals surface area contributed by atoms with Crippen molar-refractivity contribution in [3.05, 3.63) is 83.9 Å². The third-order valence-electron chi connectivity index (χ3n) is 6.04. The van der Waals surface area contributed by atoms with Gasteiger partial charge >= 0.3 is 0 Å². The number of amidine groups is 1. The van der Waals surface area contributed by atoms with E-state index in [2.05, 4.69) is 30.9 Å². The molecular formula is C27H27N3O3. The third kappa shape index (κ3) is 4.42. The van der Waals surface area contributed by atoms with Gasteiger partial charge < -0.3 is 19.3 Å². The molecule has 0 N–H and O–H groups in total. The highest BCUT2D eigenvalue weighted by Crippen LogP contribution is 2.38. The van der Waals surface area contributed by atoms with Crippen LogP contribution in [0.3, 0.4) is 0 Å². The molecule has 1 fully saturated rings. The van der Waals surface area contributed by atoms with Crippen LogP contribution >= 0.6 is 0 Å². The maximum Gasteiger partial charge on any atom is 0.260 e. The van der Waals surface area contributed by atoms with Crippen LogP contribution in [0.5, 0.6) is 17.2 Å². The first-order valence-corrected chi connectivity index (χ1v) is 11.3. The average molecular weight is 442 g/mol. The zero-order valence-corrected chi connectivity index (χ0v) is 18.9. The van der Waals surface area contributed by atoms with Crippen LogP contribution in [0.1, 0.15) is 18.1 Å².